The van der Waals surface area contributed by atoms with E-state index in [1.54, 1.807) is 18.2 Å². The van der Waals surface area contributed by atoms with Crippen molar-refractivity contribution in [3.8, 4) is 0 Å². The number of para-hydroxylation sites is 1. The van der Waals surface area contributed by atoms with Crippen molar-refractivity contribution >= 4 is 50.6 Å². The Labute approximate surface area is 184 Å². The molecule has 3 aromatic rings. The second-order valence-electron chi connectivity index (χ2n) is 6.77. The van der Waals surface area contributed by atoms with Gasteiger partial charge < -0.3 is 5.32 Å². The normalized spacial score (nSPS) is 13.6. The largest absolute Gasteiger partial charge is 0.307 e. The van der Waals surface area contributed by atoms with Crippen molar-refractivity contribution in [1.29, 1.82) is 0 Å². The van der Waals surface area contributed by atoms with Gasteiger partial charge in [-0.15, -0.1) is 0 Å². The number of anilines is 2. The van der Waals surface area contributed by atoms with E-state index in [4.69, 9.17) is 23.2 Å². The van der Waals surface area contributed by atoms with Crippen molar-refractivity contribution < 1.29 is 13.2 Å². The lowest BCUT2D eigenvalue weighted by atomic mass is 10.0. The Morgan fingerprint density at radius 2 is 1.87 bits per heavy atom. The van der Waals surface area contributed by atoms with Crippen LogP contribution < -0.4 is 9.62 Å². The van der Waals surface area contributed by atoms with E-state index >= 15 is 0 Å². The van der Waals surface area contributed by atoms with Crippen LogP contribution in [0.4, 0.5) is 11.5 Å². The minimum absolute atomic E-state index is 0.00202. The number of aromatic nitrogens is 1. The Morgan fingerprint density at radius 3 is 2.63 bits per heavy atom. The Bertz CT molecular complexity index is 1210. The first-order valence-corrected chi connectivity index (χ1v) is 11.4. The highest BCUT2D eigenvalue weighted by Gasteiger charge is 2.30. The van der Waals surface area contributed by atoms with Crippen LogP contribution >= 0.6 is 23.2 Å². The molecule has 0 atom stereocenters. The summed E-state index contributed by atoms with van der Waals surface area (Å²) in [6.07, 6.45) is 2.94. The molecule has 1 aliphatic heterocycles. The van der Waals surface area contributed by atoms with Crippen LogP contribution in [-0.4, -0.2) is 25.9 Å². The van der Waals surface area contributed by atoms with Gasteiger partial charge in [-0.25, -0.2) is 13.4 Å². The molecule has 2 aromatic carbocycles. The van der Waals surface area contributed by atoms with Gasteiger partial charge in [0.15, 0.2) is 0 Å². The number of nitrogens with one attached hydrogen (secondary N) is 1. The summed E-state index contributed by atoms with van der Waals surface area (Å²) in [5.74, 6) is -0.287. The van der Waals surface area contributed by atoms with E-state index in [2.05, 4.69) is 10.3 Å². The van der Waals surface area contributed by atoms with Crippen LogP contribution in [-0.2, 0) is 16.4 Å². The van der Waals surface area contributed by atoms with Gasteiger partial charge in [-0.05, 0) is 54.8 Å². The monoisotopic (exact) mass is 461 g/mol. The molecule has 0 bridgehead atoms. The van der Waals surface area contributed by atoms with Gasteiger partial charge in [-0.1, -0.05) is 41.4 Å². The number of nitrogens with zero attached hydrogens (tertiary/aromatic N) is 2. The third kappa shape index (κ3) is 4.01. The summed E-state index contributed by atoms with van der Waals surface area (Å²) in [5, 5.41) is 3.17. The smallest absolute Gasteiger partial charge is 0.264 e. The molecule has 1 amide bonds. The molecule has 1 aliphatic rings. The number of aryl methyl sites for hydroxylation is 1. The number of pyridine rings is 1. The summed E-state index contributed by atoms with van der Waals surface area (Å²) in [5.41, 5.74) is 1.68. The van der Waals surface area contributed by atoms with Crippen molar-refractivity contribution in [2.75, 3.05) is 16.2 Å². The summed E-state index contributed by atoms with van der Waals surface area (Å²) in [4.78, 5) is 16.7. The molecule has 2 heterocycles. The Hall–Kier alpha value is -2.61. The molecule has 0 aliphatic carbocycles. The van der Waals surface area contributed by atoms with Crippen LogP contribution in [0, 0.1) is 0 Å². The molecule has 0 spiro atoms. The number of rotatable bonds is 4. The molecule has 0 saturated carbocycles. The number of hydrogen-bond acceptors (Lipinski definition) is 4. The SMILES string of the molecule is O=C(Nc1ccc(Cl)cn1)c1cc(S(=O)(=O)N2CCCc3ccccc32)ccc1Cl. The van der Waals surface area contributed by atoms with Crippen molar-refractivity contribution in [2.45, 2.75) is 17.7 Å². The van der Waals surface area contributed by atoms with Crippen LogP contribution in [0.2, 0.25) is 10.0 Å². The molecule has 0 fully saturated rings. The predicted octanol–water partition coefficient (Wildman–Crippen LogP) is 4.78. The molecule has 9 heteroatoms. The van der Waals surface area contributed by atoms with E-state index in [0.717, 1.165) is 18.4 Å². The maximum atomic E-state index is 13.4. The summed E-state index contributed by atoms with van der Waals surface area (Å²) < 4.78 is 28.1. The van der Waals surface area contributed by atoms with Crippen molar-refractivity contribution in [1.82, 2.24) is 4.98 Å². The van der Waals surface area contributed by atoms with Gasteiger partial charge in [-0.2, -0.15) is 0 Å². The average Bonchev–Trinajstić information content (AvgIpc) is 2.75. The quantitative estimate of drug-likeness (QED) is 0.605. The molecule has 30 heavy (non-hydrogen) atoms. The number of hydrogen-bond donors (Lipinski definition) is 1. The van der Waals surface area contributed by atoms with Crippen molar-refractivity contribution in [3.05, 3.63) is 82.0 Å². The van der Waals surface area contributed by atoms with Gasteiger partial charge in [0, 0.05) is 12.7 Å². The van der Waals surface area contributed by atoms with Crippen LogP contribution in [0.1, 0.15) is 22.3 Å². The third-order valence-electron chi connectivity index (χ3n) is 4.81. The number of fused-ring (bicyclic) bond motifs is 1. The molecule has 0 unspecified atom stereocenters. The van der Waals surface area contributed by atoms with E-state index < -0.39 is 15.9 Å². The van der Waals surface area contributed by atoms with Gasteiger partial charge in [-0.3, -0.25) is 9.10 Å². The van der Waals surface area contributed by atoms with E-state index in [1.807, 2.05) is 18.2 Å². The van der Waals surface area contributed by atoms with Gasteiger partial charge in [0.2, 0.25) is 0 Å². The third-order valence-corrected chi connectivity index (χ3v) is 7.17. The summed E-state index contributed by atoms with van der Waals surface area (Å²) in [6, 6.07) is 14.7. The standard InChI is InChI=1S/C21H17Cl2N3O3S/c22-15-7-10-20(24-13-15)25-21(27)17-12-16(8-9-18(17)23)30(28,29)26-11-3-5-14-4-1-2-6-19(14)26/h1-2,4,6-10,12-13H,3,5,11H2,(H,24,25,27). The lowest BCUT2D eigenvalue weighted by Crippen LogP contribution is -2.35. The zero-order valence-electron chi connectivity index (χ0n) is 15.7. The van der Waals surface area contributed by atoms with Crippen LogP contribution in [0.15, 0.2) is 65.7 Å². The van der Waals surface area contributed by atoms with Gasteiger partial charge in [0.05, 0.1) is 26.2 Å². The summed E-state index contributed by atoms with van der Waals surface area (Å²) in [7, 11) is -3.87. The van der Waals surface area contributed by atoms with Gasteiger partial charge in [0.25, 0.3) is 15.9 Å². The fourth-order valence-corrected chi connectivity index (χ4v) is 5.23. The second kappa shape index (κ2) is 8.26. The van der Waals surface area contributed by atoms with Crippen LogP contribution in [0.3, 0.4) is 0 Å². The first kappa shape index (κ1) is 20.7. The topological polar surface area (TPSA) is 79.4 Å². The fraction of sp³-hybridized carbons (Fsp3) is 0.143. The number of benzene rings is 2. The highest BCUT2D eigenvalue weighted by atomic mass is 35.5. The van der Waals surface area contributed by atoms with Gasteiger partial charge in [0.1, 0.15) is 5.82 Å². The summed E-state index contributed by atoms with van der Waals surface area (Å²) >= 11 is 12.0. The van der Waals surface area contributed by atoms with Crippen molar-refractivity contribution in [3.63, 3.8) is 0 Å². The maximum Gasteiger partial charge on any atom is 0.264 e. The van der Waals surface area contributed by atoms with Crippen LogP contribution in [0.25, 0.3) is 0 Å². The molecule has 0 saturated heterocycles. The number of carbonyl (C=O) groups excluding carboxylic acids is 1. The number of sulfonamides is 1. The predicted molar refractivity (Wildman–Crippen MR) is 118 cm³/mol. The molecular formula is C21H17Cl2N3O3S. The minimum atomic E-state index is -3.87. The Morgan fingerprint density at radius 1 is 1.07 bits per heavy atom. The maximum absolute atomic E-state index is 13.4. The minimum Gasteiger partial charge on any atom is -0.307 e. The highest BCUT2D eigenvalue weighted by molar-refractivity contribution is 7.92. The highest BCUT2D eigenvalue weighted by Crippen LogP contribution is 2.33. The van der Waals surface area contributed by atoms with Crippen molar-refractivity contribution in [2.24, 2.45) is 0 Å². The number of halogens is 2. The molecule has 1 aromatic heterocycles. The van der Waals surface area contributed by atoms with E-state index in [0.29, 0.717) is 17.3 Å². The summed E-state index contributed by atoms with van der Waals surface area (Å²) in [6.45, 7) is 0.373. The molecular weight excluding hydrogens is 445 g/mol. The Balaban J connectivity index is 1.67. The van der Waals surface area contributed by atoms with Crippen LogP contribution in [0.5, 0.6) is 0 Å². The zero-order chi connectivity index (χ0) is 21.3. The molecule has 1 N–H and O–H groups in total. The number of carbonyl (C=O) groups is 1. The van der Waals surface area contributed by atoms with E-state index in [-0.39, 0.29) is 21.3 Å². The van der Waals surface area contributed by atoms with Gasteiger partial charge >= 0.3 is 0 Å². The molecule has 4 rings (SSSR count). The molecule has 6 nitrogen and oxygen atoms in total. The fourth-order valence-electron chi connectivity index (χ4n) is 3.35. The second-order valence-corrected chi connectivity index (χ2v) is 9.47. The van der Waals surface area contributed by atoms with E-state index in [9.17, 15) is 13.2 Å². The van der Waals surface area contributed by atoms with E-state index in [1.165, 1.54) is 28.7 Å². The number of amides is 1. The molecule has 0 radical (unpaired) electrons. The first-order valence-electron chi connectivity index (χ1n) is 9.19. The Kier molecular flexibility index (Phi) is 5.69. The lowest BCUT2D eigenvalue weighted by Gasteiger charge is -2.30. The lowest BCUT2D eigenvalue weighted by molar-refractivity contribution is 0.102. The zero-order valence-corrected chi connectivity index (χ0v) is 18.0. The average molecular weight is 462 g/mol. The molecule has 154 valence electrons. The first-order chi connectivity index (χ1) is 14.4.